The van der Waals surface area contributed by atoms with Gasteiger partial charge in [0.1, 0.15) is 6.54 Å². The third kappa shape index (κ3) is 5.92. The molecule has 0 N–H and O–H groups in total. The summed E-state index contributed by atoms with van der Waals surface area (Å²) in [7, 11) is 6.22. The zero-order valence-corrected chi connectivity index (χ0v) is 8.37. The largest absolute Gasteiger partial charge is 0.859 e. The van der Waals surface area contributed by atoms with Crippen LogP contribution in [0.25, 0.3) is 0 Å². The third-order valence-corrected chi connectivity index (χ3v) is 1.33. The summed E-state index contributed by atoms with van der Waals surface area (Å²) in [5.74, 6) is -0.226. The minimum absolute atomic E-state index is 0.0653. The van der Waals surface area contributed by atoms with Crippen LogP contribution in [0.15, 0.2) is 17.6 Å². The zero-order valence-electron chi connectivity index (χ0n) is 8.37. The van der Waals surface area contributed by atoms with Crippen molar-refractivity contribution < 1.29 is 9.59 Å². The van der Waals surface area contributed by atoms with Crippen LogP contribution in [0, 0.1) is 0 Å². The van der Waals surface area contributed by atoms with Crippen LogP contribution < -0.4 is 5.11 Å². The van der Waals surface area contributed by atoms with E-state index in [1.807, 2.05) is 6.92 Å². The van der Waals surface area contributed by atoms with Crippen LogP contribution in [0.4, 0.5) is 0 Å². The molecule has 3 nitrogen and oxygen atoms in total. The number of hydrogen-bond donors (Lipinski definition) is 0. The summed E-state index contributed by atoms with van der Waals surface area (Å²) in [4.78, 5) is 3.91. The molecule has 0 aromatic heterocycles. The zero-order chi connectivity index (χ0) is 9.78. The van der Waals surface area contributed by atoms with E-state index in [1.54, 1.807) is 0 Å². The molecule has 12 heavy (non-hydrogen) atoms. The number of aliphatic imine (C=N–C) groups is 1. The molecule has 70 valence electrons. The molecule has 0 aliphatic rings. The van der Waals surface area contributed by atoms with Crippen molar-refractivity contribution in [1.82, 2.24) is 0 Å². The minimum Gasteiger partial charge on any atom is -0.859 e. The van der Waals surface area contributed by atoms with Crippen molar-refractivity contribution in [1.29, 1.82) is 0 Å². The first-order valence-corrected chi connectivity index (χ1v) is 4.03. The molecular formula is C9H18N2O. The Morgan fingerprint density at radius 3 is 2.42 bits per heavy atom. The van der Waals surface area contributed by atoms with Crippen molar-refractivity contribution >= 4 is 5.90 Å². The van der Waals surface area contributed by atoms with Gasteiger partial charge in [0.05, 0.1) is 27.2 Å². The van der Waals surface area contributed by atoms with Gasteiger partial charge < -0.3 is 9.59 Å². The number of likely N-dealkylation sites (N-methyl/N-ethyl adjacent to an activating group) is 1. The highest BCUT2D eigenvalue weighted by Gasteiger charge is 2.11. The Morgan fingerprint density at radius 1 is 1.58 bits per heavy atom. The van der Waals surface area contributed by atoms with Crippen molar-refractivity contribution in [3.63, 3.8) is 0 Å². The second-order valence-corrected chi connectivity index (χ2v) is 3.99. The number of rotatable bonds is 4. The summed E-state index contributed by atoms with van der Waals surface area (Å²) in [6.07, 6.45) is 1.24. The Kier molecular flexibility index (Phi) is 3.96. The lowest BCUT2D eigenvalue weighted by Gasteiger charge is -2.26. The van der Waals surface area contributed by atoms with Crippen LogP contribution in [-0.2, 0) is 0 Å². The first-order valence-electron chi connectivity index (χ1n) is 4.03. The summed E-state index contributed by atoms with van der Waals surface area (Å²) in [6.45, 7) is 6.16. The highest BCUT2D eigenvalue weighted by Crippen LogP contribution is 1.98. The molecule has 0 spiro atoms. The maximum atomic E-state index is 10.8. The lowest BCUT2D eigenvalue weighted by molar-refractivity contribution is -0.871. The van der Waals surface area contributed by atoms with Crippen molar-refractivity contribution in [2.75, 3.05) is 27.7 Å². The van der Waals surface area contributed by atoms with Gasteiger partial charge in [0.15, 0.2) is 0 Å². The average molecular weight is 170 g/mol. The molecule has 0 bridgehead atoms. The molecule has 0 amide bonds. The van der Waals surface area contributed by atoms with Crippen LogP contribution in [0.3, 0.4) is 0 Å². The van der Waals surface area contributed by atoms with Crippen LogP contribution in [0.1, 0.15) is 6.92 Å². The Morgan fingerprint density at radius 2 is 2.08 bits per heavy atom. The number of nitrogens with zero attached hydrogens (tertiary/aromatic N) is 2. The molecule has 0 aliphatic heterocycles. The molecule has 0 fully saturated rings. The normalized spacial score (nSPS) is 15.8. The van der Waals surface area contributed by atoms with E-state index in [9.17, 15) is 5.11 Å². The van der Waals surface area contributed by atoms with Gasteiger partial charge in [-0.2, -0.15) is 0 Å². The van der Waals surface area contributed by atoms with Crippen molar-refractivity contribution in [2.24, 2.45) is 4.99 Å². The molecule has 0 rings (SSSR count). The quantitative estimate of drug-likeness (QED) is 0.333. The first-order chi connectivity index (χ1) is 5.35. The molecular weight excluding hydrogens is 152 g/mol. The van der Waals surface area contributed by atoms with Crippen LogP contribution in [0.2, 0.25) is 0 Å². The molecule has 0 aliphatic carbocycles. The Hall–Kier alpha value is -0.830. The molecule has 1 unspecified atom stereocenters. The maximum Gasteiger partial charge on any atom is 0.100 e. The van der Waals surface area contributed by atoms with Gasteiger partial charge in [0.25, 0.3) is 0 Å². The molecule has 1 atom stereocenters. The van der Waals surface area contributed by atoms with E-state index in [1.165, 1.54) is 6.08 Å². The standard InChI is InChI=1S/C9H18N2O/c1-6-9(12)10-8(2)7-11(3,4)5/h6,8H,1,7H2,2-5H3. The predicted octanol–water partition coefficient (Wildman–Crippen LogP) is 0.0259. The maximum absolute atomic E-state index is 10.8. The van der Waals surface area contributed by atoms with Gasteiger partial charge in [0.2, 0.25) is 0 Å². The molecule has 0 saturated heterocycles. The van der Waals surface area contributed by atoms with Crippen LogP contribution >= 0.6 is 0 Å². The van der Waals surface area contributed by atoms with E-state index in [0.29, 0.717) is 0 Å². The van der Waals surface area contributed by atoms with Gasteiger partial charge in [-0.1, -0.05) is 12.7 Å². The van der Waals surface area contributed by atoms with Gasteiger partial charge in [-0.25, -0.2) is 0 Å². The third-order valence-electron chi connectivity index (χ3n) is 1.33. The summed E-state index contributed by atoms with van der Waals surface area (Å²) in [5.41, 5.74) is 0. The SMILES string of the molecule is C=CC([O-])=NC(C)C[N+](C)(C)C. The summed E-state index contributed by atoms with van der Waals surface area (Å²) < 4.78 is 0.815. The average Bonchev–Trinajstić information content (AvgIpc) is 1.82. The second kappa shape index (κ2) is 4.26. The predicted molar refractivity (Wildman–Crippen MR) is 50.0 cm³/mol. The Labute approximate surface area is 74.6 Å². The fourth-order valence-electron chi connectivity index (χ4n) is 1.10. The van der Waals surface area contributed by atoms with Crippen LogP contribution in [0.5, 0.6) is 0 Å². The molecule has 0 radical (unpaired) electrons. The second-order valence-electron chi connectivity index (χ2n) is 3.99. The molecule has 0 heterocycles. The van der Waals surface area contributed by atoms with E-state index >= 15 is 0 Å². The summed E-state index contributed by atoms with van der Waals surface area (Å²) >= 11 is 0. The topological polar surface area (TPSA) is 35.4 Å². The van der Waals surface area contributed by atoms with Gasteiger partial charge in [-0.3, -0.25) is 4.99 Å². The van der Waals surface area contributed by atoms with Crippen molar-refractivity contribution in [2.45, 2.75) is 13.0 Å². The highest BCUT2D eigenvalue weighted by atomic mass is 16.3. The highest BCUT2D eigenvalue weighted by molar-refractivity contribution is 5.82. The van der Waals surface area contributed by atoms with Crippen molar-refractivity contribution in [3.8, 4) is 0 Å². The molecule has 3 heteroatoms. The monoisotopic (exact) mass is 170 g/mol. The molecule has 0 aromatic rings. The Bertz CT molecular complexity index is 179. The number of hydrogen-bond acceptors (Lipinski definition) is 2. The minimum atomic E-state index is -0.226. The van der Waals surface area contributed by atoms with Gasteiger partial charge in [-0.05, 0) is 12.8 Å². The first kappa shape index (κ1) is 11.2. The smallest absolute Gasteiger partial charge is 0.100 e. The van der Waals surface area contributed by atoms with Crippen molar-refractivity contribution in [3.05, 3.63) is 12.7 Å². The van der Waals surface area contributed by atoms with E-state index in [0.717, 1.165) is 11.0 Å². The molecule has 0 saturated carbocycles. The lowest BCUT2D eigenvalue weighted by Crippen LogP contribution is -2.40. The van der Waals surface area contributed by atoms with E-state index in [2.05, 4.69) is 32.7 Å². The number of quaternary nitrogens is 1. The Balaban J connectivity index is 4.06. The van der Waals surface area contributed by atoms with Gasteiger partial charge >= 0.3 is 0 Å². The van der Waals surface area contributed by atoms with E-state index in [-0.39, 0.29) is 11.9 Å². The fraction of sp³-hybridized carbons (Fsp3) is 0.667. The fourth-order valence-corrected chi connectivity index (χ4v) is 1.10. The van der Waals surface area contributed by atoms with E-state index < -0.39 is 0 Å². The van der Waals surface area contributed by atoms with Crippen LogP contribution in [-0.4, -0.2) is 44.1 Å². The van der Waals surface area contributed by atoms with E-state index in [4.69, 9.17) is 0 Å². The summed E-state index contributed by atoms with van der Waals surface area (Å²) in [6, 6.07) is 0.0653. The van der Waals surface area contributed by atoms with Gasteiger partial charge in [-0.15, -0.1) is 0 Å². The summed E-state index contributed by atoms with van der Waals surface area (Å²) in [5, 5.41) is 10.8. The molecule has 0 aromatic carbocycles. The van der Waals surface area contributed by atoms with Gasteiger partial charge in [0, 0.05) is 0 Å². The lowest BCUT2D eigenvalue weighted by atomic mass is 10.3.